The lowest BCUT2D eigenvalue weighted by Crippen LogP contribution is -2.50. The van der Waals surface area contributed by atoms with E-state index in [1.807, 2.05) is 23.1 Å². The van der Waals surface area contributed by atoms with Crippen LogP contribution < -0.4 is 5.32 Å². The molecule has 1 amide bonds. The van der Waals surface area contributed by atoms with Crippen molar-refractivity contribution in [2.24, 2.45) is 10.9 Å². The van der Waals surface area contributed by atoms with Gasteiger partial charge < -0.3 is 24.6 Å². The van der Waals surface area contributed by atoms with E-state index in [0.29, 0.717) is 38.9 Å². The third-order valence-electron chi connectivity index (χ3n) is 5.41. The van der Waals surface area contributed by atoms with E-state index in [4.69, 9.17) is 14.5 Å². The van der Waals surface area contributed by atoms with Crippen molar-refractivity contribution in [2.75, 3.05) is 59.1 Å². The van der Waals surface area contributed by atoms with E-state index >= 15 is 0 Å². The van der Waals surface area contributed by atoms with Crippen LogP contribution in [-0.2, 0) is 20.9 Å². The van der Waals surface area contributed by atoms with Crippen molar-refractivity contribution in [1.82, 2.24) is 15.1 Å². The summed E-state index contributed by atoms with van der Waals surface area (Å²) in [5.41, 5.74) is 1.18. The largest absolute Gasteiger partial charge is 0.378 e. The highest BCUT2D eigenvalue weighted by Gasteiger charge is 2.30. The van der Waals surface area contributed by atoms with Crippen LogP contribution in [0, 0.1) is 5.92 Å². The number of rotatable bonds is 7. The van der Waals surface area contributed by atoms with Crippen molar-refractivity contribution in [3.63, 3.8) is 0 Å². The molecule has 7 nitrogen and oxygen atoms in total. The zero-order valence-electron chi connectivity index (χ0n) is 17.5. The minimum absolute atomic E-state index is 0.126. The van der Waals surface area contributed by atoms with E-state index in [9.17, 15) is 4.79 Å². The first-order chi connectivity index (χ1) is 14.3. The van der Waals surface area contributed by atoms with E-state index < -0.39 is 0 Å². The molecule has 2 heterocycles. The van der Waals surface area contributed by atoms with Gasteiger partial charge in [-0.2, -0.15) is 0 Å². The summed E-state index contributed by atoms with van der Waals surface area (Å²) >= 11 is 0. The molecule has 0 bridgehead atoms. The summed E-state index contributed by atoms with van der Waals surface area (Å²) in [5, 5.41) is 3.38. The number of hydrogen-bond acceptors (Lipinski definition) is 4. The zero-order chi connectivity index (χ0) is 20.3. The van der Waals surface area contributed by atoms with Crippen LogP contribution in [0.5, 0.6) is 0 Å². The van der Waals surface area contributed by atoms with Gasteiger partial charge in [-0.15, -0.1) is 0 Å². The number of aliphatic imine (C=N–C) groups is 1. The number of carbonyl (C=O) groups excluding carboxylic acids is 1. The lowest BCUT2D eigenvalue weighted by molar-refractivity contribution is -0.140. The summed E-state index contributed by atoms with van der Waals surface area (Å²) in [7, 11) is 0. The highest BCUT2D eigenvalue weighted by atomic mass is 16.5. The van der Waals surface area contributed by atoms with Crippen molar-refractivity contribution in [2.45, 2.75) is 26.4 Å². The van der Waals surface area contributed by atoms with Crippen molar-refractivity contribution >= 4 is 11.9 Å². The highest BCUT2D eigenvalue weighted by molar-refractivity contribution is 5.81. The quantitative estimate of drug-likeness (QED) is 0.428. The van der Waals surface area contributed by atoms with Gasteiger partial charge in [-0.3, -0.25) is 9.79 Å². The molecule has 2 aliphatic heterocycles. The van der Waals surface area contributed by atoms with Crippen LogP contribution in [0.3, 0.4) is 0 Å². The molecular weight excluding hydrogens is 368 g/mol. The van der Waals surface area contributed by atoms with Crippen LogP contribution in [0.4, 0.5) is 0 Å². The van der Waals surface area contributed by atoms with Crippen LogP contribution in [0.1, 0.15) is 25.3 Å². The number of hydrogen-bond donors (Lipinski definition) is 1. The van der Waals surface area contributed by atoms with Gasteiger partial charge in [-0.25, -0.2) is 0 Å². The van der Waals surface area contributed by atoms with Gasteiger partial charge in [0.25, 0.3) is 0 Å². The summed E-state index contributed by atoms with van der Waals surface area (Å²) in [6.45, 7) is 9.24. The van der Waals surface area contributed by atoms with E-state index in [1.165, 1.54) is 5.56 Å². The van der Waals surface area contributed by atoms with Gasteiger partial charge in [0.1, 0.15) is 0 Å². The number of carbonyl (C=O) groups is 1. The van der Waals surface area contributed by atoms with Gasteiger partial charge in [-0.05, 0) is 25.3 Å². The molecule has 0 unspecified atom stereocenters. The Bertz CT molecular complexity index is 639. The minimum Gasteiger partial charge on any atom is -0.378 e. The molecular formula is C22H34N4O3. The van der Waals surface area contributed by atoms with Gasteiger partial charge >= 0.3 is 0 Å². The molecule has 2 aliphatic rings. The molecule has 3 rings (SSSR count). The average molecular weight is 403 g/mol. The van der Waals surface area contributed by atoms with Gasteiger partial charge in [-0.1, -0.05) is 30.3 Å². The molecule has 1 aromatic carbocycles. The van der Waals surface area contributed by atoms with Crippen LogP contribution in [-0.4, -0.2) is 80.8 Å². The number of likely N-dealkylation sites (tertiary alicyclic amines) is 1. The lowest BCUT2D eigenvalue weighted by atomic mass is 9.95. The summed E-state index contributed by atoms with van der Waals surface area (Å²) in [6.07, 6.45) is 1.76. The van der Waals surface area contributed by atoms with Crippen molar-refractivity contribution in [3.8, 4) is 0 Å². The number of piperidine rings is 1. The first-order valence-corrected chi connectivity index (χ1v) is 10.8. The monoisotopic (exact) mass is 402 g/mol. The van der Waals surface area contributed by atoms with Crippen molar-refractivity contribution in [3.05, 3.63) is 35.9 Å². The third kappa shape index (κ3) is 6.72. The van der Waals surface area contributed by atoms with Crippen molar-refractivity contribution in [1.29, 1.82) is 0 Å². The molecule has 160 valence electrons. The van der Waals surface area contributed by atoms with E-state index in [0.717, 1.165) is 51.5 Å². The van der Waals surface area contributed by atoms with Crippen LogP contribution in [0.2, 0.25) is 0 Å². The van der Waals surface area contributed by atoms with E-state index in [2.05, 4.69) is 29.3 Å². The third-order valence-corrected chi connectivity index (χ3v) is 5.41. The molecule has 0 spiro atoms. The maximum Gasteiger partial charge on any atom is 0.225 e. The number of nitrogens with zero attached hydrogens (tertiary/aromatic N) is 3. The molecule has 2 fully saturated rings. The first-order valence-electron chi connectivity index (χ1n) is 10.8. The summed E-state index contributed by atoms with van der Waals surface area (Å²) in [6, 6.07) is 10.2. The highest BCUT2D eigenvalue weighted by Crippen LogP contribution is 2.20. The number of guanidine groups is 1. The zero-order valence-corrected chi connectivity index (χ0v) is 17.5. The standard InChI is InChI=1S/C22H34N4O3/c1-2-23-22(24-10-15-29-18-19-6-4-3-5-7-19)26-11-8-20(9-12-26)21(27)25-13-16-28-17-14-25/h3-7,20H,2,8-18H2,1H3,(H,23,24). The second-order valence-electron chi connectivity index (χ2n) is 7.47. The summed E-state index contributed by atoms with van der Waals surface area (Å²) in [5.74, 6) is 1.35. The fraction of sp³-hybridized carbons (Fsp3) is 0.636. The first kappa shape index (κ1) is 21.6. The number of nitrogens with one attached hydrogen (secondary N) is 1. The molecule has 0 atom stereocenters. The summed E-state index contributed by atoms with van der Waals surface area (Å²) in [4.78, 5) is 21.7. The smallest absolute Gasteiger partial charge is 0.225 e. The average Bonchev–Trinajstić information content (AvgIpc) is 2.79. The predicted molar refractivity (Wildman–Crippen MR) is 114 cm³/mol. The fourth-order valence-corrected chi connectivity index (χ4v) is 3.79. The lowest BCUT2D eigenvalue weighted by Gasteiger charge is -2.36. The molecule has 7 heteroatoms. The normalized spacial score (nSPS) is 18.7. The Morgan fingerprint density at radius 3 is 2.55 bits per heavy atom. The Morgan fingerprint density at radius 1 is 1.14 bits per heavy atom. The van der Waals surface area contributed by atoms with Crippen LogP contribution in [0.25, 0.3) is 0 Å². The fourth-order valence-electron chi connectivity index (χ4n) is 3.79. The Hall–Kier alpha value is -2.12. The Kier molecular flexibility index (Phi) is 8.77. The number of amides is 1. The minimum atomic E-state index is 0.126. The molecule has 1 N–H and O–H groups in total. The summed E-state index contributed by atoms with van der Waals surface area (Å²) < 4.78 is 11.1. The van der Waals surface area contributed by atoms with E-state index in [1.54, 1.807) is 0 Å². The van der Waals surface area contributed by atoms with Crippen LogP contribution >= 0.6 is 0 Å². The molecule has 29 heavy (non-hydrogen) atoms. The Balaban J connectivity index is 1.42. The van der Waals surface area contributed by atoms with Gasteiger partial charge in [0.15, 0.2) is 5.96 Å². The maximum absolute atomic E-state index is 12.7. The molecule has 0 aromatic heterocycles. The SMILES string of the molecule is CCNC(=NCCOCc1ccccc1)N1CCC(C(=O)N2CCOCC2)CC1. The molecule has 1 aromatic rings. The predicted octanol–water partition coefficient (Wildman–Crippen LogP) is 1.74. The van der Waals surface area contributed by atoms with E-state index in [-0.39, 0.29) is 5.92 Å². The molecule has 0 aliphatic carbocycles. The van der Waals surface area contributed by atoms with Crippen molar-refractivity contribution < 1.29 is 14.3 Å². The Morgan fingerprint density at radius 2 is 1.86 bits per heavy atom. The van der Waals surface area contributed by atoms with Gasteiger partial charge in [0.2, 0.25) is 5.91 Å². The second kappa shape index (κ2) is 11.8. The second-order valence-corrected chi connectivity index (χ2v) is 7.47. The molecule has 0 saturated carbocycles. The maximum atomic E-state index is 12.7. The topological polar surface area (TPSA) is 66.4 Å². The number of morpholine rings is 1. The Labute approximate surface area is 174 Å². The van der Waals surface area contributed by atoms with Gasteiger partial charge in [0.05, 0.1) is 33.0 Å². The number of benzene rings is 1. The molecule has 0 radical (unpaired) electrons. The number of ether oxygens (including phenoxy) is 2. The van der Waals surface area contributed by atoms with Crippen LogP contribution in [0.15, 0.2) is 35.3 Å². The molecule has 2 saturated heterocycles. The van der Waals surface area contributed by atoms with Gasteiger partial charge in [0, 0.05) is 38.6 Å².